The summed E-state index contributed by atoms with van der Waals surface area (Å²) in [6.07, 6.45) is -3.30. The van der Waals surface area contributed by atoms with Crippen molar-refractivity contribution in [3.05, 3.63) is 77.3 Å². The van der Waals surface area contributed by atoms with Gasteiger partial charge in [-0.1, -0.05) is 29.8 Å². The van der Waals surface area contributed by atoms with Gasteiger partial charge in [0.2, 0.25) is 0 Å². The van der Waals surface area contributed by atoms with Crippen molar-refractivity contribution in [1.82, 2.24) is 4.90 Å². The fourth-order valence-corrected chi connectivity index (χ4v) is 4.73. The van der Waals surface area contributed by atoms with Crippen LogP contribution in [0.15, 0.2) is 71.6 Å². The summed E-state index contributed by atoms with van der Waals surface area (Å²) in [6.45, 7) is 2.71. The molecular weight excluding hydrogens is 548 g/mol. The zero-order valence-electron chi connectivity index (χ0n) is 21.2. The molecule has 0 unspecified atom stereocenters. The zero-order valence-corrected chi connectivity index (χ0v) is 22.8. The number of aliphatic hydroxyl groups excluding tert-OH is 2. The maximum atomic E-state index is 11.7. The first-order valence-corrected chi connectivity index (χ1v) is 14.0. The Balaban J connectivity index is 0.000000360. The van der Waals surface area contributed by atoms with Gasteiger partial charge in [0, 0.05) is 42.3 Å². The van der Waals surface area contributed by atoms with Gasteiger partial charge in [-0.05, 0) is 72.3 Å². The number of aliphatic hydroxyl groups is 2. The van der Waals surface area contributed by atoms with E-state index in [2.05, 4.69) is 47.2 Å². The number of likely N-dealkylation sites (N-methyl/N-ethyl adjacent to an activating group) is 1. The first-order valence-electron chi connectivity index (χ1n) is 11.7. The lowest BCUT2D eigenvalue weighted by atomic mass is 10.0. The van der Waals surface area contributed by atoms with Gasteiger partial charge in [0.1, 0.15) is 0 Å². The molecule has 0 radical (unpaired) electrons. The molecule has 1 heterocycles. The molecule has 0 spiro atoms. The molecule has 0 saturated carbocycles. The fourth-order valence-electron chi connectivity index (χ4n) is 3.97. The highest BCUT2D eigenvalue weighted by Crippen LogP contribution is 2.35. The minimum absolute atomic E-state index is 0.338. The van der Waals surface area contributed by atoms with Crippen molar-refractivity contribution < 1.29 is 38.4 Å². The van der Waals surface area contributed by atoms with Crippen molar-refractivity contribution in [2.24, 2.45) is 0 Å². The van der Waals surface area contributed by atoms with E-state index in [9.17, 15) is 18.0 Å². The van der Waals surface area contributed by atoms with Gasteiger partial charge in [-0.15, -0.1) is 0 Å². The smallest absolute Gasteiger partial charge is 0.335 e. The lowest BCUT2D eigenvalue weighted by Crippen LogP contribution is -2.39. The van der Waals surface area contributed by atoms with Gasteiger partial charge in [0.05, 0.1) is 4.90 Å². The largest absolute Gasteiger partial charge is 0.479 e. The standard InChI is InChI=1S/C23H23ClN2O2S.C4H6O6/c1-25-13-14-26(21-8-6-20(24)7-9-21)23-12-5-18(15-19(23)16-25)17-3-10-22(11-4-17)29(2,27)28;5-1(3(7)8)2(6)4(9)10/h3-12,15H,13-14,16H2,1-2H3;1-2,5-6H,(H,7,8)(H,9,10)/t;1-,2-/m.1/s1. The van der Waals surface area contributed by atoms with E-state index in [-0.39, 0.29) is 0 Å². The molecule has 3 aromatic rings. The minimum Gasteiger partial charge on any atom is -0.479 e. The van der Waals surface area contributed by atoms with Crippen molar-refractivity contribution in [3.63, 3.8) is 0 Å². The number of hydrogen-bond donors (Lipinski definition) is 4. The summed E-state index contributed by atoms with van der Waals surface area (Å²) in [6, 6.07) is 21.5. The number of fused-ring (bicyclic) bond motifs is 1. The van der Waals surface area contributed by atoms with Crippen LogP contribution in [0.4, 0.5) is 11.4 Å². The fraction of sp³-hybridized carbons (Fsp3) is 0.259. The second-order valence-electron chi connectivity index (χ2n) is 9.07. The highest BCUT2D eigenvalue weighted by molar-refractivity contribution is 7.90. The van der Waals surface area contributed by atoms with E-state index in [0.717, 1.165) is 41.5 Å². The SMILES string of the molecule is CN1CCN(c2ccc(Cl)cc2)c2ccc(-c3ccc(S(C)(=O)=O)cc3)cc2C1.O=C(O)[C@H](O)[C@@H](O)C(=O)O. The number of carboxylic acid groups (broad SMARTS) is 2. The van der Waals surface area contributed by atoms with Gasteiger partial charge < -0.3 is 30.2 Å². The Hall–Kier alpha value is -3.48. The molecule has 4 rings (SSSR count). The van der Waals surface area contributed by atoms with E-state index in [0.29, 0.717) is 4.90 Å². The Morgan fingerprint density at radius 2 is 1.38 bits per heavy atom. The summed E-state index contributed by atoms with van der Waals surface area (Å²) in [5.74, 6) is -3.54. The Morgan fingerprint density at radius 3 is 1.90 bits per heavy atom. The van der Waals surface area contributed by atoms with Gasteiger partial charge in [0.15, 0.2) is 22.0 Å². The number of benzene rings is 3. The second-order valence-corrected chi connectivity index (χ2v) is 11.5. The van der Waals surface area contributed by atoms with Crippen LogP contribution in [0.5, 0.6) is 0 Å². The molecule has 0 fully saturated rings. The van der Waals surface area contributed by atoms with Gasteiger partial charge in [0.25, 0.3) is 0 Å². The molecule has 1 aliphatic rings. The molecular formula is C27H29ClN2O8S. The van der Waals surface area contributed by atoms with Gasteiger partial charge in [-0.3, -0.25) is 0 Å². The molecule has 0 amide bonds. The van der Waals surface area contributed by atoms with E-state index in [1.807, 2.05) is 24.3 Å². The maximum Gasteiger partial charge on any atom is 0.335 e. The molecule has 208 valence electrons. The predicted molar refractivity (Wildman–Crippen MR) is 147 cm³/mol. The Bertz CT molecular complexity index is 1410. The summed E-state index contributed by atoms with van der Waals surface area (Å²) in [4.78, 5) is 24.5. The van der Waals surface area contributed by atoms with Gasteiger partial charge >= 0.3 is 11.9 Å². The Labute approximate surface area is 231 Å². The molecule has 4 N–H and O–H groups in total. The van der Waals surface area contributed by atoms with Crippen molar-refractivity contribution in [3.8, 4) is 11.1 Å². The number of aliphatic carboxylic acids is 2. The maximum absolute atomic E-state index is 11.7. The van der Waals surface area contributed by atoms with E-state index in [1.54, 1.807) is 12.1 Å². The molecule has 3 aromatic carbocycles. The van der Waals surface area contributed by atoms with Crippen LogP contribution in [0.25, 0.3) is 11.1 Å². The van der Waals surface area contributed by atoms with E-state index >= 15 is 0 Å². The van der Waals surface area contributed by atoms with Crippen molar-refractivity contribution >= 4 is 44.8 Å². The summed E-state index contributed by atoms with van der Waals surface area (Å²) in [7, 11) is -1.06. The normalized spacial score (nSPS) is 15.3. The molecule has 2 atom stereocenters. The van der Waals surface area contributed by atoms with E-state index in [4.69, 9.17) is 32.0 Å². The molecule has 0 aromatic heterocycles. The Morgan fingerprint density at radius 1 is 0.846 bits per heavy atom. The third-order valence-electron chi connectivity index (χ3n) is 6.08. The van der Waals surface area contributed by atoms with Gasteiger partial charge in [-0.2, -0.15) is 0 Å². The van der Waals surface area contributed by atoms with Crippen LogP contribution in [0, 0.1) is 0 Å². The third-order valence-corrected chi connectivity index (χ3v) is 7.46. The monoisotopic (exact) mass is 576 g/mol. The van der Waals surface area contributed by atoms with Gasteiger partial charge in [-0.25, -0.2) is 18.0 Å². The van der Waals surface area contributed by atoms with E-state index < -0.39 is 34.0 Å². The second kappa shape index (κ2) is 12.6. The highest BCUT2D eigenvalue weighted by atomic mass is 35.5. The average Bonchev–Trinajstić information content (AvgIpc) is 3.05. The zero-order chi connectivity index (χ0) is 28.9. The number of anilines is 2. The number of nitrogens with zero attached hydrogens (tertiary/aromatic N) is 2. The van der Waals surface area contributed by atoms with Crippen LogP contribution in [-0.4, -0.2) is 84.3 Å². The summed E-state index contributed by atoms with van der Waals surface area (Å²) in [5, 5.41) is 33.3. The van der Waals surface area contributed by atoms with Crippen LogP contribution in [0.2, 0.25) is 5.02 Å². The number of hydrogen-bond acceptors (Lipinski definition) is 8. The quantitative estimate of drug-likeness (QED) is 0.344. The molecule has 0 saturated heterocycles. The average molecular weight is 577 g/mol. The molecule has 39 heavy (non-hydrogen) atoms. The van der Waals surface area contributed by atoms with Crippen molar-refractivity contribution in [1.29, 1.82) is 0 Å². The first-order chi connectivity index (χ1) is 18.3. The van der Waals surface area contributed by atoms with Crippen LogP contribution >= 0.6 is 11.6 Å². The molecule has 10 nitrogen and oxygen atoms in total. The van der Waals surface area contributed by atoms with Crippen LogP contribution in [-0.2, 0) is 26.0 Å². The first kappa shape index (κ1) is 30.1. The molecule has 0 aliphatic carbocycles. The lowest BCUT2D eigenvalue weighted by Gasteiger charge is -2.25. The van der Waals surface area contributed by atoms with Crippen molar-refractivity contribution in [2.75, 3.05) is 31.3 Å². The number of sulfone groups is 1. The highest BCUT2D eigenvalue weighted by Gasteiger charge is 2.29. The number of halogens is 1. The third kappa shape index (κ3) is 7.78. The topological polar surface area (TPSA) is 156 Å². The van der Waals surface area contributed by atoms with Crippen LogP contribution in [0.1, 0.15) is 5.56 Å². The number of carboxylic acids is 2. The lowest BCUT2D eigenvalue weighted by molar-refractivity contribution is -0.165. The van der Waals surface area contributed by atoms with Crippen LogP contribution < -0.4 is 4.90 Å². The van der Waals surface area contributed by atoms with E-state index in [1.165, 1.54) is 17.5 Å². The van der Waals surface area contributed by atoms with Crippen LogP contribution in [0.3, 0.4) is 0 Å². The molecule has 0 bridgehead atoms. The summed E-state index contributed by atoms with van der Waals surface area (Å²) >= 11 is 6.07. The minimum atomic E-state index is -3.19. The summed E-state index contributed by atoms with van der Waals surface area (Å²) < 4.78 is 23.4. The van der Waals surface area contributed by atoms with Crippen molar-refractivity contribution in [2.45, 2.75) is 23.6 Å². The number of carbonyl (C=O) groups is 2. The summed E-state index contributed by atoms with van der Waals surface area (Å²) in [5.41, 5.74) is 5.63. The predicted octanol–water partition coefficient (Wildman–Crippen LogP) is 2.87. The molecule has 12 heteroatoms. The Kier molecular flexibility index (Phi) is 9.70. The molecule has 1 aliphatic heterocycles. The number of rotatable bonds is 6.